The Morgan fingerprint density at radius 3 is 2.92 bits per heavy atom. The molecule has 1 aromatic carbocycles. The van der Waals surface area contributed by atoms with Gasteiger partial charge in [0, 0.05) is 17.6 Å². The zero-order valence-electron chi connectivity index (χ0n) is 14.0. The number of H-pyrrole nitrogens is 1. The van der Waals surface area contributed by atoms with Crippen molar-refractivity contribution in [3.8, 4) is 0 Å². The van der Waals surface area contributed by atoms with Gasteiger partial charge in [0.25, 0.3) is 5.56 Å². The zero-order chi connectivity index (χ0) is 18.0. The Bertz CT molecular complexity index is 996. The normalized spacial score (nSPS) is 11.0. The van der Waals surface area contributed by atoms with Crippen LogP contribution >= 0.6 is 23.5 Å². The Morgan fingerprint density at radius 2 is 2.16 bits per heavy atom. The molecule has 0 saturated carbocycles. The molecule has 1 amide bonds. The number of amides is 1. The van der Waals surface area contributed by atoms with E-state index in [-0.39, 0.29) is 22.7 Å². The minimum Gasteiger partial charge on any atom is -0.325 e. The monoisotopic (exact) mass is 375 g/mol. The molecular weight excluding hydrogens is 358 g/mol. The lowest BCUT2D eigenvalue weighted by atomic mass is 10.3. The Labute approximate surface area is 152 Å². The average Bonchev–Trinajstić information content (AvgIpc) is 2.90. The van der Waals surface area contributed by atoms with Crippen molar-refractivity contribution in [3.63, 3.8) is 0 Å². The number of anilines is 1. The number of aromatic nitrogens is 4. The van der Waals surface area contributed by atoms with E-state index in [0.717, 1.165) is 10.6 Å². The van der Waals surface area contributed by atoms with Crippen LogP contribution in [0, 0.1) is 6.92 Å². The van der Waals surface area contributed by atoms with Crippen molar-refractivity contribution < 1.29 is 4.79 Å². The van der Waals surface area contributed by atoms with Crippen LogP contribution in [0.2, 0.25) is 0 Å². The van der Waals surface area contributed by atoms with Crippen molar-refractivity contribution in [2.24, 2.45) is 7.05 Å². The van der Waals surface area contributed by atoms with Gasteiger partial charge in [0.15, 0.2) is 16.3 Å². The first kappa shape index (κ1) is 17.6. The van der Waals surface area contributed by atoms with Gasteiger partial charge in [-0.25, -0.2) is 9.97 Å². The molecule has 2 heterocycles. The highest BCUT2D eigenvalue weighted by atomic mass is 32.2. The van der Waals surface area contributed by atoms with Crippen LogP contribution in [-0.4, -0.2) is 37.4 Å². The van der Waals surface area contributed by atoms with Crippen LogP contribution in [0.4, 0.5) is 5.69 Å². The molecule has 3 aromatic rings. The Balaban J connectivity index is 1.72. The van der Waals surface area contributed by atoms with Gasteiger partial charge in [-0.2, -0.15) is 0 Å². The summed E-state index contributed by atoms with van der Waals surface area (Å²) in [5.41, 5.74) is 1.28. The lowest BCUT2D eigenvalue weighted by Gasteiger charge is -2.06. The zero-order valence-corrected chi connectivity index (χ0v) is 15.6. The van der Waals surface area contributed by atoms with Gasteiger partial charge >= 0.3 is 0 Å². The minimum absolute atomic E-state index is 0.131. The first-order valence-corrected chi connectivity index (χ1v) is 9.69. The van der Waals surface area contributed by atoms with Crippen molar-refractivity contribution >= 4 is 46.3 Å². The molecule has 7 nitrogen and oxygen atoms in total. The summed E-state index contributed by atoms with van der Waals surface area (Å²) >= 11 is 2.88. The van der Waals surface area contributed by atoms with Crippen molar-refractivity contribution in [1.29, 1.82) is 0 Å². The van der Waals surface area contributed by atoms with Gasteiger partial charge in [0.05, 0.1) is 5.75 Å². The van der Waals surface area contributed by atoms with Gasteiger partial charge in [-0.15, -0.1) is 11.8 Å². The van der Waals surface area contributed by atoms with Gasteiger partial charge in [0.1, 0.15) is 5.82 Å². The first-order chi connectivity index (χ1) is 12.0. The van der Waals surface area contributed by atoms with Gasteiger partial charge in [-0.3, -0.25) is 9.59 Å². The van der Waals surface area contributed by atoms with Crippen molar-refractivity contribution in [3.05, 3.63) is 40.4 Å². The van der Waals surface area contributed by atoms with Crippen molar-refractivity contribution in [1.82, 2.24) is 19.5 Å². The second-order valence-corrected chi connectivity index (χ2v) is 7.17. The molecule has 0 aliphatic carbocycles. The third-order valence-electron chi connectivity index (χ3n) is 3.49. The summed E-state index contributed by atoms with van der Waals surface area (Å²) in [5, 5.41) is 3.44. The van der Waals surface area contributed by atoms with Gasteiger partial charge < -0.3 is 14.9 Å². The van der Waals surface area contributed by atoms with Crippen LogP contribution in [0.5, 0.6) is 0 Å². The van der Waals surface area contributed by atoms with E-state index < -0.39 is 0 Å². The summed E-state index contributed by atoms with van der Waals surface area (Å²) in [4.78, 5) is 36.4. The third kappa shape index (κ3) is 3.88. The lowest BCUT2D eigenvalue weighted by Crippen LogP contribution is -2.14. The topological polar surface area (TPSA) is 92.7 Å². The number of imidazole rings is 1. The van der Waals surface area contributed by atoms with E-state index >= 15 is 0 Å². The van der Waals surface area contributed by atoms with Gasteiger partial charge in [-0.1, -0.05) is 17.8 Å². The first-order valence-electron chi connectivity index (χ1n) is 7.48. The highest BCUT2D eigenvalue weighted by Crippen LogP contribution is 2.21. The molecule has 0 aliphatic rings. The number of carbonyl (C=O) groups is 1. The number of hydrogen-bond acceptors (Lipinski definition) is 6. The summed E-state index contributed by atoms with van der Waals surface area (Å²) in [6.07, 6.45) is 1.99. The highest BCUT2D eigenvalue weighted by molar-refractivity contribution is 7.99. The predicted octanol–water partition coefficient (Wildman–Crippen LogP) is 2.42. The number of nitrogens with one attached hydrogen (secondary N) is 2. The number of rotatable bonds is 5. The maximum absolute atomic E-state index is 12.2. The summed E-state index contributed by atoms with van der Waals surface area (Å²) in [6, 6.07) is 7.67. The number of carbonyl (C=O) groups excluding carboxylic acids is 1. The standard InChI is InChI=1S/C16H17N5O2S2/c1-9-17-14-13(15(23)18-9)20-16(21(14)2)25-8-12(22)19-10-5-4-6-11(7-10)24-3/h4-7H,8H2,1-3H3,(H,19,22)(H,17,18,23). The number of aryl methyl sites for hydroxylation is 2. The second-order valence-electron chi connectivity index (χ2n) is 5.35. The highest BCUT2D eigenvalue weighted by Gasteiger charge is 2.14. The quantitative estimate of drug-likeness (QED) is 0.665. The van der Waals surface area contributed by atoms with E-state index in [4.69, 9.17) is 0 Å². The van der Waals surface area contributed by atoms with Gasteiger partial charge in [-0.05, 0) is 31.4 Å². The third-order valence-corrected chi connectivity index (χ3v) is 5.25. The number of hydrogen-bond donors (Lipinski definition) is 2. The number of nitrogens with zero attached hydrogens (tertiary/aromatic N) is 3. The average molecular weight is 375 g/mol. The fourth-order valence-corrected chi connectivity index (χ4v) is 3.55. The number of aromatic amines is 1. The fourth-order valence-electron chi connectivity index (χ4n) is 2.32. The molecule has 130 valence electrons. The Hall–Kier alpha value is -2.26. The van der Waals surface area contributed by atoms with Gasteiger partial charge in [0.2, 0.25) is 5.91 Å². The maximum atomic E-state index is 12.2. The van der Waals surface area contributed by atoms with Crippen LogP contribution in [0.15, 0.2) is 39.1 Å². The Morgan fingerprint density at radius 1 is 1.36 bits per heavy atom. The number of benzene rings is 1. The van der Waals surface area contributed by atoms with Crippen molar-refractivity contribution in [2.45, 2.75) is 17.0 Å². The molecule has 0 atom stereocenters. The summed E-state index contributed by atoms with van der Waals surface area (Å²) in [7, 11) is 1.78. The summed E-state index contributed by atoms with van der Waals surface area (Å²) in [6.45, 7) is 1.72. The second kappa shape index (κ2) is 7.32. The molecule has 0 bridgehead atoms. The van der Waals surface area contributed by atoms with E-state index in [1.165, 1.54) is 11.8 Å². The van der Waals surface area contributed by atoms with Crippen LogP contribution in [0.1, 0.15) is 5.82 Å². The van der Waals surface area contributed by atoms with Crippen LogP contribution < -0.4 is 10.9 Å². The fraction of sp³-hybridized carbons (Fsp3) is 0.250. The molecule has 2 N–H and O–H groups in total. The van der Waals surface area contributed by atoms with E-state index in [9.17, 15) is 9.59 Å². The summed E-state index contributed by atoms with van der Waals surface area (Å²) in [5.74, 6) is 0.592. The largest absolute Gasteiger partial charge is 0.325 e. The molecule has 0 fully saturated rings. The predicted molar refractivity (Wildman–Crippen MR) is 101 cm³/mol. The van der Waals surface area contributed by atoms with Crippen LogP contribution in [0.25, 0.3) is 11.2 Å². The molecule has 0 radical (unpaired) electrons. The molecule has 9 heteroatoms. The SMILES string of the molecule is CSc1cccc(NC(=O)CSc2nc3c(=O)[nH]c(C)nc3n2C)c1. The van der Waals surface area contributed by atoms with Crippen molar-refractivity contribution in [2.75, 3.05) is 17.3 Å². The molecule has 3 rings (SSSR count). The molecule has 0 saturated heterocycles. The minimum atomic E-state index is -0.275. The van der Waals surface area contributed by atoms with Crippen LogP contribution in [-0.2, 0) is 11.8 Å². The maximum Gasteiger partial charge on any atom is 0.279 e. The van der Waals surface area contributed by atoms with E-state index in [0.29, 0.717) is 16.6 Å². The number of thioether (sulfide) groups is 2. The van der Waals surface area contributed by atoms with Crippen LogP contribution in [0.3, 0.4) is 0 Å². The Kier molecular flexibility index (Phi) is 5.14. The molecule has 25 heavy (non-hydrogen) atoms. The molecule has 0 aliphatic heterocycles. The molecular formula is C16H17N5O2S2. The van der Waals surface area contributed by atoms with E-state index in [1.807, 2.05) is 30.5 Å². The van der Waals surface area contributed by atoms with E-state index in [2.05, 4.69) is 20.3 Å². The smallest absolute Gasteiger partial charge is 0.279 e. The summed E-state index contributed by atoms with van der Waals surface area (Å²) < 4.78 is 1.73. The molecule has 0 spiro atoms. The molecule has 0 unspecified atom stereocenters. The lowest BCUT2D eigenvalue weighted by molar-refractivity contribution is -0.113. The number of fused-ring (bicyclic) bond motifs is 1. The van der Waals surface area contributed by atoms with E-state index in [1.54, 1.807) is 30.3 Å². The molecule has 2 aromatic heterocycles.